The van der Waals surface area contributed by atoms with E-state index in [2.05, 4.69) is 22.0 Å². The number of hydrogen-bond acceptors (Lipinski definition) is 7. The average Bonchev–Trinajstić information content (AvgIpc) is 3.76. The SMILES string of the molecule is CCCc1nc(CC)c(-c2ccc(OCC3CC3)nc2)c(=O)n1Cc1ccc(-c2ccccc2-c2noc(=O)[nH]2)cc1.[K]. The number of aromatic nitrogens is 5. The summed E-state index contributed by atoms with van der Waals surface area (Å²) in [6, 6.07) is 19.5. The van der Waals surface area contributed by atoms with Crippen LogP contribution < -0.4 is 16.1 Å². The molecule has 1 saturated carbocycles. The number of hydrogen-bond donors (Lipinski definition) is 1. The Labute approximate surface area is 292 Å². The van der Waals surface area contributed by atoms with Gasteiger partial charge >= 0.3 is 5.76 Å². The van der Waals surface area contributed by atoms with Gasteiger partial charge in [0, 0.05) is 81.2 Å². The molecule has 1 aliphatic carbocycles. The molecule has 0 bridgehead atoms. The van der Waals surface area contributed by atoms with E-state index in [-0.39, 0.29) is 56.9 Å². The third-order valence-corrected chi connectivity index (χ3v) is 7.55. The van der Waals surface area contributed by atoms with E-state index < -0.39 is 5.76 Å². The van der Waals surface area contributed by atoms with Crippen LogP contribution >= 0.6 is 0 Å². The van der Waals surface area contributed by atoms with Crippen LogP contribution in [0, 0.1) is 5.92 Å². The summed E-state index contributed by atoms with van der Waals surface area (Å²) in [4.78, 5) is 37.7. The number of nitrogens with zero attached hydrogens (tertiary/aromatic N) is 4. The number of benzene rings is 2. The molecule has 0 spiro atoms. The molecule has 3 heterocycles. The third kappa shape index (κ3) is 7.16. The van der Waals surface area contributed by atoms with Crippen LogP contribution in [0.1, 0.15) is 50.2 Å². The number of aryl methyl sites for hydroxylation is 2. The first-order valence-corrected chi connectivity index (χ1v) is 14.5. The molecule has 1 N–H and O–H groups in total. The number of nitrogens with one attached hydrogen (secondary N) is 1. The van der Waals surface area contributed by atoms with Crippen LogP contribution in [0.15, 0.2) is 81.0 Å². The Hall–Kier alpha value is -3.15. The van der Waals surface area contributed by atoms with E-state index in [4.69, 9.17) is 14.2 Å². The van der Waals surface area contributed by atoms with Gasteiger partial charge in [0.1, 0.15) is 5.82 Å². The van der Waals surface area contributed by atoms with Crippen molar-refractivity contribution in [3.63, 3.8) is 0 Å². The van der Waals surface area contributed by atoms with Gasteiger partial charge in [0.15, 0.2) is 5.82 Å². The van der Waals surface area contributed by atoms with Crippen molar-refractivity contribution >= 4 is 51.4 Å². The van der Waals surface area contributed by atoms with E-state index in [0.29, 0.717) is 49.2 Å². The molecule has 1 radical (unpaired) electrons. The van der Waals surface area contributed by atoms with E-state index in [1.807, 2.05) is 67.6 Å². The minimum absolute atomic E-state index is 0. The molecule has 43 heavy (non-hydrogen) atoms. The molecule has 9 nitrogen and oxygen atoms in total. The molecule has 1 fully saturated rings. The zero-order chi connectivity index (χ0) is 29.1. The molecular formula is C33H33KN5O4. The van der Waals surface area contributed by atoms with Gasteiger partial charge in [0.05, 0.1) is 24.4 Å². The summed E-state index contributed by atoms with van der Waals surface area (Å²) in [5.74, 6) is 1.78. The second-order valence-corrected chi connectivity index (χ2v) is 10.7. The summed E-state index contributed by atoms with van der Waals surface area (Å²) in [5.41, 5.74) is 5.65. The maximum atomic E-state index is 14.1. The summed E-state index contributed by atoms with van der Waals surface area (Å²) >= 11 is 0. The van der Waals surface area contributed by atoms with Crippen LogP contribution in [0.4, 0.5) is 0 Å². The van der Waals surface area contributed by atoms with Gasteiger partial charge in [-0.25, -0.2) is 14.8 Å². The quantitative estimate of drug-likeness (QED) is 0.204. The summed E-state index contributed by atoms with van der Waals surface area (Å²) in [6.07, 6.45) is 6.38. The fourth-order valence-corrected chi connectivity index (χ4v) is 5.13. The Morgan fingerprint density at radius 1 is 0.977 bits per heavy atom. The predicted octanol–water partition coefficient (Wildman–Crippen LogP) is 5.29. The molecule has 215 valence electrons. The van der Waals surface area contributed by atoms with Crippen molar-refractivity contribution in [2.45, 2.75) is 52.5 Å². The molecule has 2 aromatic carbocycles. The van der Waals surface area contributed by atoms with Gasteiger partial charge in [-0.2, -0.15) is 0 Å². The van der Waals surface area contributed by atoms with E-state index in [0.717, 1.165) is 45.8 Å². The Morgan fingerprint density at radius 3 is 2.35 bits per heavy atom. The van der Waals surface area contributed by atoms with Gasteiger partial charge in [-0.1, -0.05) is 67.5 Å². The molecule has 0 amide bonds. The standard InChI is InChI=1S/C33H33N5O4.K/c1-3-7-28-35-27(4-2)30(24-16-17-29(34-18-24)41-20-22-10-11-22)32(39)38(28)19-21-12-14-23(15-13-21)25-8-5-6-9-26(25)31-36-33(40)42-37-31;/h5-6,8-9,12-18,22H,3-4,7,10-11,19-20H2,1-2H3,(H,36,37,40);. The van der Waals surface area contributed by atoms with Crippen molar-refractivity contribution in [2.75, 3.05) is 6.61 Å². The summed E-state index contributed by atoms with van der Waals surface area (Å²) in [5, 5.41) is 3.85. The van der Waals surface area contributed by atoms with E-state index in [1.165, 1.54) is 12.8 Å². The van der Waals surface area contributed by atoms with Gasteiger partial charge in [0.25, 0.3) is 5.56 Å². The third-order valence-electron chi connectivity index (χ3n) is 7.55. The monoisotopic (exact) mass is 602 g/mol. The number of H-pyrrole nitrogens is 1. The Balaban J connectivity index is 0.00000368. The molecule has 3 aromatic heterocycles. The number of pyridine rings is 1. The second-order valence-electron chi connectivity index (χ2n) is 10.7. The van der Waals surface area contributed by atoms with Gasteiger partial charge in [-0.05, 0) is 54.4 Å². The van der Waals surface area contributed by atoms with Crippen molar-refractivity contribution in [3.05, 3.63) is 105 Å². The molecule has 0 aliphatic heterocycles. The topological polar surface area (TPSA) is 116 Å². The van der Waals surface area contributed by atoms with Crippen molar-refractivity contribution in [1.82, 2.24) is 24.7 Å². The zero-order valence-electron chi connectivity index (χ0n) is 24.8. The van der Waals surface area contributed by atoms with Crippen LogP contribution in [0.25, 0.3) is 33.6 Å². The Kier molecular flexibility index (Phi) is 10.2. The summed E-state index contributed by atoms with van der Waals surface area (Å²) in [6.45, 7) is 5.20. The summed E-state index contributed by atoms with van der Waals surface area (Å²) in [7, 11) is 0. The fraction of sp³-hybridized carbons (Fsp3) is 0.303. The molecule has 0 unspecified atom stereocenters. The molecule has 5 aromatic rings. The Morgan fingerprint density at radius 2 is 1.72 bits per heavy atom. The molecule has 1 aliphatic rings. The van der Waals surface area contributed by atoms with Crippen molar-refractivity contribution in [3.8, 4) is 39.5 Å². The van der Waals surface area contributed by atoms with Crippen LogP contribution in [0.2, 0.25) is 0 Å². The van der Waals surface area contributed by atoms with E-state index in [9.17, 15) is 9.59 Å². The van der Waals surface area contributed by atoms with Gasteiger partial charge in [-0.15, -0.1) is 0 Å². The van der Waals surface area contributed by atoms with Crippen LogP contribution in [0.3, 0.4) is 0 Å². The predicted molar refractivity (Wildman–Crippen MR) is 166 cm³/mol. The van der Waals surface area contributed by atoms with Gasteiger partial charge in [0.2, 0.25) is 5.88 Å². The summed E-state index contributed by atoms with van der Waals surface area (Å²) < 4.78 is 12.3. The molecule has 6 rings (SSSR count). The molecular weight excluding hydrogens is 569 g/mol. The number of ether oxygens (including phenoxy) is 1. The number of rotatable bonds is 11. The first kappa shape index (κ1) is 31.3. The number of aromatic amines is 1. The normalized spacial score (nSPS) is 12.6. The van der Waals surface area contributed by atoms with Crippen molar-refractivity contribution in [1.29, 1.82) is 0 Å². The maximum absolute atomic E-state index is 14.1. The Bertz CT molecular complexity index is 1810. The first-order valence-electron chi connectivity index (χ1n) is 14.5. The minimum atomic E-state index is -0.598. The molecule has 0 saturated heterocycles. The van der Waals surface area contributed by atoms with Gasteiger partial charge < -0.3 is 4.74 Å². The van der Waals surface area contributed by atoms with Crippen LogP contribution in [0.5, 0.6) is 5.88 Å². The van der Waals surface area contributed by atoms with E-state index in [1.54, 1.807) is 10.8 Å². The minimum Gasteiger partial charge on any atom is -0.477 e. The van der Waals surface area contributed by atoms with Crippen LogP contribution in [-0.4, -0.2) is 82.7 Å². The van der Waals surface area contributed by atoms with Gasteiger partial charge in [-0.3, -0.25) is 18.9 Å². The zero-order valence-corrected chi connectivity index (χ0v) is 27.9. The molecule has 0 atom stereocenters. The average molecular weight is 603 g/mol. The van der Waals surface area contributed by atoms with E-state index >= 15 is 0 Å². The maximum Gasteiger partial charge on any atom is 0.439 e. The van der Waals surface area contributed by atoms with Crippen molar-refractivity contribution in [2.24, 2.45) is 5.92 Å². The fourth-order valence-electron chi connectivity index (χ4n) is 5.13. The van der Waals surface area contributed by atoms with Crippen molar-refractivity contribution < 1.29 is 9.26 Å². The smallest absolute Gasteiger partial charge is 0.439 e. The second kappa shape index (κ2) is 14.1. The largest absolute Gasteiger partial charge is 0.477 e. The molecule has 10 heteroatoms. The first-order chi connectivity index (χ1) is 20.5. The van der Waals surface area contributed by atoms with Crippen LogP contribution in [-0.2, 0) is 19.4 Å².